The van der Waals surface area contributed by atoms with Gasteiger partial charge in [-0.15, -0.1) is 11.8 Å². The van der Waals surface area contributed by atoms with Crippen LogP contribution in [-0.4, -0.2) is 29.2 Å². The summed E-state index contributed by atoms with van der Waals surface area (Å²) in [6, 6.07) is 0. The average molecular weight is 203 g/mol. The van der Waals surface area contributed by atoms with Gasteiger partial charge in [-0.05, 0) is 49.0 Å². The van der Waals surface area contributed by atoms with Crippen LogP contribution in [0.1, 0.15) is 19.3 Å². The predicted molar refractivity (Wildman–Crippen MR) is 58.9 cm³/mol. The van der Waals surface area contributed by atoms with Gasteiger partial charge in [0.05, 0.1) is 5.37 Å². The lowest BCUT2D eigenvalue weighted by Crippen LogP contribution is -2.39. The van der Waals surface area contributed by atoms with Crippen LogP contribution in [0.25, 0.3) is 0 Å². The molecule has 0 bridgehead atoms. The third-order valence-corrected chi connectivity index (χ3v) is 5.26. The number of hydrogen-bond donors (Lipinski definition) is 1. The molecule has 0 spiro atoms. The minimum absolute atomic E-state index is 0.784. The minimum atomic E-state index is 0.784. The van der Waals surface area contributed by atoms with Gasteiger partial charge < -0.3 is 5.32 Å². The molecule has 0 amide bonds. The van der Waals surface area contributed by atoms with E-state index in [9.17, 15) is 0 Å². The normalized spacial score (nSPS) is 38.0. The van der Waals surface area contributed by atoms with E-state index in [4.69, 9.17) is 0 Å². The van der Waals surface area contributed by atoms with Crippen molar-refractivity contribution < 1.29 is 0 Å². The van der Waals surface area contributed by atoms with Crippen molar-refractivity contribution in [3.63, 3.8) is 0 Å². The molecule has 2 saturated heterocycles. The maximum absolute atomic E-state index is 3.64. The van der Waals surface area contributed by atoms with Gasteiger partial charge in [-0.25, -0.2) is 0 Å². The number of hydrogen-bond acceptors (Lipinski definition) is 3. The van der Waals surface area contributed by atoms with Gasteiger partial charge in [-0.3, -0.25) is 0 Å². The summed E-state index contributed by atoms with van der Waals surface area (Å²) in [5.74, 6) is 5.12. The van der Waals surface area contributed by atoms with Gasteiger partial charge in [0.2, 0.25) is 0 Å². The van der Waals surface area contributed by atoms with Crippen LogP contribution in [0, 0.1) is 5.92 Å². The van der Waals surface area contributed by atoms with Gasteiger partial charge in [-0.2, -0.15) is 11.8 Å². The van der Waals surface area contributed by atoms with Crippen molar-refractivity contribution in [2.75, 3.05) is 23.8 Å². The average Bonchev–Trinajstić information content (AvgIpc) is 2.21. The molecular formula is C9H17NS2. The van der Waals surface area contributed by atoms with Gasteiger partial charge in [0.25, 0.3) is 0 Å². The zero-order valence-electron chi connectivity index (χ0n) is 7.42. The minimum Gasteiger partial charge on any atom is -0.305 e. The van der Waals surface area contributed by atoms with Gasteiger partial charge >= 0.3 is 0 Å². The molecule has 0 aromatic carbocycles. The third-order valence-electron chi connectivity index (χ3n) is 2.59. The fraction of sp³-hybridized carbons (Fsp3) is 1.00. The Morgan fingerprint density at radius 3 is 2.83 bits per heavy atom. The Morgan fingerprint density at radius 2 is 2.17 bits per heavy atom. The van der Waals surface area contributed by atoms with E-state index in [2.05, 4.69) is 28.8 Å². The number of thioether (sulfide) groups is 2. The van der Waals surface area contributed by atoms with Crippen molar-refractivity contribution >= 4 is 23.5 Å². The molecule has 12 heavy (non-hydrogen) atoms. The summed E-state index contributed by atoms with van der Waals surface area (Å²) in [7, 11) is 0. The van der Waals surface area contributed by atoms with Crippen molar-refractivity contribution in [2.45, 2.75) is 24.6 Å². The maximum Gasteiger partial charge on any atom is 0.0568 e. The Morgan fingerprint density at radius 1 is 1.17 bits per heavy atom. The molecule has 0 aromatic rings. The number of nitrogens with one attached hydrogen (secondary N) is 1. The first-order valence-corrected chi connectivity index (χ1v) is 7.10. The second kappa shape index (κ2) is 4.77. The quantitative estimate of drug-likeness (QED) is 0.701. The topological polar surface area (TPSA) is 12.0 Å². The summed E-state index contributed by atoms with van der Waals surface area (Å²) in [6.45, 7) is 1.25. The Balaban J connectivity index is 1.80. The summed E-state index contributed by atoms with van der Waals surface area (Å²) in [5.41, 5.74) is 0. The fourth-order valence-corrected chi connectivity index (χ4v) is 4.52. The molecule has 3 heteroatoms. The van der Waals surface area contributed by atoms with Crippen LogP contribution >= 0.6 is 23.5 Å². The molecule has 2 aliphatic rings. The standard InChI is InChI=1S/C9H17NS2/c1-3-8(7-11-5-1)9-10-4-2-6-12-9/h8-10H,1-7H2. The first-order chi connectivity index (χ1) is 5.97. The van der Waals surface area contributed by atoms with Crippen LogP contribution in [0.5, 0.6) is 0 Å². The maximum atomic E-state index is 3.64. The second-order valence-corrected chi connectivity index (χ2v) is 5.98. The van der Waals surface area contributed by atoms with E-state index < -0.39 is 0 Å². The van der Waals surface area contributed by atoms with Crippen molar-refractivity contribution in [3.8, 4) is 0 Å². The lowest BCUT2D eigenvalue weighted by atomic mass is 10.1. The van der Waals surface area contributed by atoms with E-state index in [0.717, 1.165) is 11.3 Å². The molecule has 0 aromatic heterocycles. The van der Waals surface area contributed by atoms with Crippen LogP contribution < -0.4 is 5.32 Å². The third kappa shape index (κ3) is 2.33. The highest BCUT2D eigenvalue weighted by Crippen LogP contribution is 2.31. The van der Waals surface area contributed by atoms with E-state index in [1.807, 2.05) is 0 Å². The largest absolute Gasteiger partial charge is 0.305 e. The van der Waals surface area contributed by atoms with Crippen LogP contribution in [0.4, 0.5) is 0 Å². The lowest BCUT2D eigenvalue weighted by molar-refractivity contribution is 0.438. The zero-order valence-corrected chi connectivity index (χ0v) is 9.05. The van der Waals surface area contributed by atoms with E-state index in [-0.39, 0.29) is 0 Å². The van der Waals surface area contributed by atoms with Crippen LogP contribution in [0.3, 0.4) is 0 Å². The van der Waals surface area contributed by atoms with Crippen LogP contribution in [0.15, 0.2) is 0 Å². The van der Waals surface area contributed by atoms with E-state index in [1.54, 1.807) is 0 Å². The monoisotopic (exact) mass is 203 g/mol. The number of rotatable bonds is 1. The van der Waals surface area contributed by atoms with E-state index >= 15 is 0 Å². The first-order valence-electron chi connectivity index (χ1n) is 4.89. The zero-order chi connectivity index (χ0) is 8.23. The van der Waals surface area contributed by atoms with Crippen molar-refractivity contribution in [3.05, 3.63) is 0 Å². The van der Waals surface area contributed by atoms with Crippen molar-refractivity contribution in [1.82, 2.24) is 5.32 Å². The second-order valence-electron chi connectivity index (χ2n) is 3.58. The SMILES string of the molecule is C1CNC(C2CCCSC2)SC1. The molecule has 70 valence electrons. The molecule has 0 aliphatic carbocycles. The van der Waals surface area contributed by atoms with Gasteiger partial charge in [0.1, 0.15) is 0 Å². The molecule has 2 unspecified atom stereocenters. The van der Waals surface area contributed by atoms with Gasteiger partial charge in [0, 0.05) is 0 Å². The summed E-state index contributed by atoms with van der Waals surface area (Å²) >= 11 is 4.29. The summed E-state index contributed by atoms with van der Waals surface area (Å²) in [5, 5.41) is 4.42. The predicted octanol–water partition coefficient (Wildman–Crippen LogP) is 2.18. The molecule has 1 N–H and O–H groups in total. The molecule has 2 fully saturated rings. The smallest absolute Gasteiger partial charge is 0.0568 e. The van der Waals surface area contributed by atoms with Gasteiger partial charge in [0.15, 0.2) is 0 Å². The molecule has 2 rings (SSSR count). The molecule has 2 heterocycles. The highest BCUT2D eigenvalue weighted by atomic mass is 32.2. The van der Waals surface area contributed by atoms with E-state index in [0.29, 0.717) is 0 Å². The molecule has 2 atom stereocenters. The molecule has 1 nitrogen and oxygen atoms in total. The van der Waals surface area contributed by atoms with E-state index in [1.165, 1.54) is 43.1 Å². The first kappa shape index (κ1) is 9.22. The Bertz CT molecular complexity index is 112. The Hall–Kier alpha value is 0.660. The summed E-state index contributed by atoms with van der Waals surface area (Å²) in [6.07, 6.45) is 4.26. The summed E-state index contributed by atoms with van der Waals surface area (Å²) < 4.78 is 0. The van der Waals surface area contributed by atoms with Crippen molar-refractivity contribution in [2.24, 2.45) is 5.92 Å². The fourth-order valence-electron chi connectivity index (χ4n) is 1.89. The lowest BCUT2D eigenvalue weighted by Gasteiger charge is -2.32. The Labute approximate surface area is 83.4 Å². The van der Waals surface area contributed by atoms with Crippen LogP contribution in [-0.2, 0) is 0 Å². The van der Waals surface area contributed by atoms with Crippen molar-refractivity contribution in [1.29, 1.82) is 0 Å². The summed E-state index contributed by atoms with van der Waals surface area (Å²) in [4.78, 5) is 0. The molecule has 0 radical (unpaired) electrons. The highest BCUT2D eigenvalue weighted by Gasteiger charge is 2.25. The molecule has 0 saturated carbocycles. The molecule has 2 aliphatic heterocycles. The van der Waals surface area contributed by atoms with Gasteiger partial charge in [-0.1, -0.05) is 0 Å². The van der Waals surface area contributed by atoms with Crippen LogP contribution in [0.2, 0.25) is 0 Å². The molecular weight excluding hydrogens is 186 g/mol. The highest BCUT2D eigenvalue weighted by molar-refractivity contribution is 8.00. The Kier molecular flexibility index (Phi) is 3.67.